The predicted octanol–water partition coefficient (Wildman–Crippen LogP) is 3.53. The second-order valence-corrected chi connectivity index (χ2v) is 13.5. The van der Waals surface area contributed by atoms with Crippen molar-refractivity contribution in [2.45, 2.75) is 63.3 Å². The fourth-order valence-corrected chi connectivity index (χ4v) is 7.55. The number of halogens is 2. The average molecular weight is 621 g/mol. The molecule has 0 bridgehead atoms. The van der Waals surface area contributed by atoms with Crippen molar-refractivity contribution in [3.05, 3.63) is 76.3 Å². The van der Waals surface area contributed by atoms with E-state index in [4.69, 9.17) is 22.1 Å². The van der Waals surface area contributed by atoms with Gasteiger partial charge in [-0.1, -0.05) is 66.9 Å². The Hall–Kier alpha value is -2.83. The molecular formula is C30H38ClFN4O5S. The number of alkyl halides is 1. The van der Waals surface area contributed by atoms with Crippen LogP contribution in [-0.2, 0) is 31.0 Å². The first-order chi connectivity index (χ1) is 19.9. The van der Waals surface area contributed by atoms with E-state index in [0.29, 0.717) is 29.0 Å². The average Bonchev–Trinajstić information content (AvgIpc) is 3.48. The normalized spacial score (nSPS) is 18.3. The number of carbonyl (C=O) groups excluding carboxylic acids is 2. The number of carbonyl (C=O) groups is 2. The first-order valence-corrected chi connectivity index (χ1v) is 15.8. The van der Waals surface area contributed by atoms with Gasteiger partial charge in [-0.25, -0.2) is 17.5 Å². The fraction of sp³-hybridized carbons (Fsp3) is 0.467. The Morgan fingerprint density at radius 3 is 2.38 bits per heavy atom. The molecule has 0 saturated heterocycles. The van der Waals surface area contributed by atoms with E-state index in [9.17, 15) is 22.4 Å². The lowest BCUT2D eigenvalue weighted by Gasteiger charge is -2.33. The van der Waals surface area contributed by atoms with Gasteiger partial charge in [0, 0.05) is 18.1 Å². The number of benzene rings is 2. The van der Waals surface area contributed by atoms with E-state index in [1.807, 2.05) is 30.3 Å². The summed E-state index contributed by atoms with van der Waals surface area (Å²) in [6.07, 6.45) is 2.71. The molecule has 2 aromatic carbocycles. The van der Waals surface area contributed by atoms with E-state index < -0.39 is 45.6 Å². The summed E-state index contributed by atoms with van der Waals surface area (Å²) in [5, 5.41) is 3.12. The maximum Gasteiger partial charge on any atom is 0.247 e. The van der Waals surface area contributed by atoms with Crippen LogP contribution in [0.15, 0.2) is 60.2 Å². The zero-order valence-electron chi connectivity index (χ0n) is 23.9. The molecule has 2 amide bonds. The van der Waals surface area contributed by atoms with Gasteiger partial charge in [0.1, 0.15) is 12.7 Å². The second-order valence-electron chi connectivity index (χ2n) is 11.4. The number of nitrogens with zero attached hydrogens (tertiary/aromatic N) is 1. The van der Waals surface area contributed by atoms with Gasteiger partial charge in [-0.15, -0.1) is 0 Å². The molecule has 12 heteroatoms. The fourth-order valence-electron chi connectivity index (χ4n) is 5.45. The molecule has 4 rings (SSSR count). The Morgan fingerprint density at radius 2 is 1.79 bits per heavy atom. The van der Waals surface area contributed by atoms with Crippen molar-refractivity contribution in [1.29, 1.82) is 0 Å². The molecular weight excluding hydrogens is 583 g/mol. The molecule has 0 radical (unpaired) electrons. The van der Waals surface area contributed by atoms with Gasteiger partial charge in [-0.2, -0.15) is 0 Å². The second kappa shape index (κ2) is 13.2. The van der Waals surface area contributed by atoms with Gasteiger partial charge >= 0.3 is 0 Å². The quantitative estimate of drug-likeness (QED) is 0.333. The van der Waals surface area contributed by atoms with Crippen LogP contribution < -0.4 is 15.8 Å². The first kappa shape index (κ1) is 32.1. The number of ether oxygens (including phenoxy) is 1. The third-order valence-corrected chi connectivity index (χ3v) is 9.54. The zero-order valence-corrected chi connectivity index (χ0v) is 25.4. The van der Waals surface area contributed by atoms with E-state index >= 15 is 0 Å². The number of sulfonamides is 1. The maximum absolute atomic E-state index is 14.0. The Morgan fingerprint density at radius 1 is 1.14 bits per heavy atom. The van der Waals surface area contributed by atoms with Crippen LogP contribution in [0.5, 0.6) is 0 Å². The predicted molar refractivity (Wildman–Crippen MR) is 160 cm³/mol. The van der Waals surface area contributed by atoms with Crippen LogP contribution in [0, 0.1) is 0 Å². The minimum absolute atomic E-state index is 0.0710. The van der Waals surface area contributed by atoms with Crippen molar-refractivity contribution < 1.29 is 27.1 Å². The van der Waals surface area contributed by atoms with E-state index in [1.165, 1.54) is 18.7 Å². The van der Waals surface area contributed by atoms with Crippen molar-refractivity contribution in [3.8, 4) is 0 Å². The molecule has 4 N–H and O–H groups in total. The lowest BCUT2D eigenvalue weighted by atomic mass is 9.87. The Kier molecular flexibility index (Phi) is 10.1. The van der Waals surface area contributed by atoms with Crippen molar-refractivity contribution in [1.82, 2.24) is 14.9 Å². The summed E-state index contributed by atoms with van der Waals surface area (Å²) in [4.78, 5) is 28.2. The Labute approximate surface area is 251 Å². The van der Waals surface area contributed by atoms with Gasteiger partial charge in [-0.3, -0.25) is 9.59 Å². The minimum Gasteiger partial charge on any atom is -0.374 e. The van der Waals surface area contributed by atoms with Crippen LogP contribution in [0.25, 0.3) is 4.91 Å². The molecule has 1 heterocycles. The van der Waals surface area contributed by atoms with Gasteiger partial charge in [0.15, 0.2) is 0 Å². The zero-order chi connectivity index (χ0) is 30.5. The van der Waals surface area contributed by atoms with Crippen LogP contribution >= 0.6 is 11.6 Å². The van der Waals surface area contributed by atoms with Crippen LogP contribution in [0.2, 0.25) is 5.02 Å². The van der Waals surface area contributed by atoms with Crippen LogP contribution in [0.3, 0.4) is 0 Å². The third-order valence-electron chi connectivity index (χ3n) is 7.61. The van der Waals surface area contributed by atoms with Crippen molar-refractivity contribution >= 4 is 38.3 Å². The molecule has 0 aromatic heterocycles. The molecule has 228 valence electrons. The van der Waals surface area contributed by atoms with E-state index in [-0.39, 0.29) is 31.2 Å². The molecule has 1 aliphatic carbocycles. The molecule has 1 saturated carbocycles. The standard InChI is InChI=1S/C30H38ClFN4O5S/c1-29(2,33)28(38)34-25(20-41-19-21-8-4-3-5-9-21)27(37)36(17-16-32)18-24-26(22-10-12-23(31)13-11-22)42(39,40)35-30(24)14-6-7-15-30/h3-5,8-13,25,35H,6-7,14-20,33H2,1-2H3,(H,34,38)/t25-/m1/s1. The van der Waals surface area contributed by atoms with E-state index in [2.05, 4.69) is 10.0 Å². The SMILES string of the molecule is CC(C)(N)C(=O)N[C@H](COCc1ccccc1)C(=O)N(CCF)CC1=C(c2ccc(Cl)cc2)S(=O)(=O)NC12CCCC2. The number of hydrogen-bond donors (Lipinski definition) is 3. The number of nitrogens with two attached hydrogens (primary N) is 1. The van der Waals surface area contributed by atoms with Gasteiger partial charge in [-0.05, 0) is 55.5 Å². The highest BCUT2D eigenvalue weighted by atomic mass is 35.5. The molecule has 1 spiro atoms. The summed E-state index contributed by atoms with van der Waals surface area (Å²) < 4.78 is 49.7. The largest absolute Gasteiger partial charge is 0.374 e. The molecule has 1 atom stereocenters. The molecule has 2 aliphatic rings. The van der Waals surface area contributed by atoms with Crippen LogP contribution in [-0.4, -0.2) is 68.6 Å². The van der Waals surface area contributed by atoms with Gasteiger partial charge < -0.3 is 20.7 Å². The molecule has 42 heavy (non-hydrogen) atoms. The Balaban J connectivity index is 1.68. The molecule has 9 nitrogen and oxygen atoms in total. The van der Waals surface area contributed by atoms with Gasteiger partial charge in [0.2, 0.25) is 21.8 Å². The highest BCUT2D eigenvalue weighted by Gasteiger charge is 2.51. The van der Waals surface area contributed by atoms with Gasteiger partial charge in [0.05, 0.1) is 29.2 Å². The summed E-state index contributed by atoms with van der Waals surface area (Å²) in [6.45, 7) is 1.70. The molecule has 2 aromatic rings. The highest BCUT2D eigenvalue weighted by Crippen LogP contribution is 2.47. The van der Waals surface area contributed by atoms with Crippen molar-refractivity contribution in [3.63, 3.8) is 0 Å². The summed E-state index contributed by atoms with van der Waals surface area (Å²) in [7, 11) is -3.94. The molecule has 1 aliphatic heterocycles. The lowest BCUT2D eigenvalue weighted by molar-refractivity contribution is -0.139. The van der Waals surface area contributed by atoms with Crippen molar-refractivity contribution in [2.75, 3.05) is 26.4 Å². The van der Waals surface area contributed by atoms with Crippen LogP contribution in [0.4, 0.5) is 4.39 Å². The summed E-state index contributed by atoms with van der Waals surface area (Å²) in [5.74, 6) is -1.18. The summed E-state index contributed by atoms with van der Waals surface area (Å²) >= 11 is 6.07. The minimum atomic E-state index is -3.94. The summed E-state index contributed by atoms with van der Waals surface area (Å²) in [6, 6.07) is 14.6. The number of nitrogens with one attached hydrogen (secondary N) is 2. The number of rotatable bonds is 12. The molecule has 1 fully saturated rings. The smallest absolute Gasteiger partial charge is 0.247 e. The number of amides is 2. The first-order valence-electron chi connectivity index (χ1n) is 14.0. The maximum atomic E-state index is 14.0. The lowest BCUT2D eigenvalue weighted by Crippen LogP contribution is -2.58. The number of hydrogen-bond acceptors (Lipinski definition) is 6. The topological polar surface area (TPSA) is 131 Å². The van der Waals surface area contributed by atoms with Gasteiger partial charge in [0.25, 0.3) is 0 Å². The van der Waals surface area contributed by atoms with E-state index in [0.717, 1.165) is 18.4 Å². The Bertz CT molecular complexity index is 1410. The monoisotopic (exact) mass is 620 g/mol. The third kappa shape index (κ3) is 7.38. The van der Waals surface area contributed by atoms with E-state index in [1.54, 1.807) is 24.3 Å². The van der Waals surface area contributed by atoms with Crippen molar-refractivity contribution in [2.24, 2.45) is 5.73 Å². The summed E-state index contributed by atoms with van der Waals surface area (Å²) in [5.41, 5.74) is 5.62. The highest BCUT2D eigenvalue weighted by molar-refractivity contribution is 7.99. The van der Waals surface area contributed by atoms with Crippen LogP contribution in [0.1, 0.15) is 50.7 Å². The molecule has 0 unspecified atom stereocenters.